The number of amides is 2. The topological polar surface area (TPSA) is 49.4 Å². The molecule has 2 aromatic rings. The fourth-order valence-electron chi connectivity index (χ4n) is 2.96. The maximum Gasteiger partial charge on any atom is 0.289 e. The van der Waals surface area contributed by atoms with Crippen LogP contribution in [-0.2, 0) is 16.1 Å². The first-order chi connectivity index (χ1) is 12.9. The van der Waals surface area contributed by atoms with E-state index in [2.05, 4.69) is 5.32 Å². The number of carbonyl (C=O) groups is 2. The van der Waals surface area contributed by atoms with Gasteiger partial charge in [-0.3, -0.25) is 9.59 Å². The Labute approximate surface area is 164 Å². The summed E-state index contributed by atoms with van der Waals surface area (Å²) in [6, 6.07) is 14.1. The van der Waals surface area contributed by atoms with Crippen molar-refractivity contribution in [3.8, 4) is 0 Å². The fraction of sp³-hybridized carbons (Fsp3) is 0.263. The molecule has 0 saturated carbocycles. The third-order valence-corrected chi connectivity index (χ3v) is 5.51. The Bertz CT molecular complexity index is 836. The Morgan fingerprint density at radius 1 is 1.22 bits per heavy atom. The fourth-order valence-corrected chi connectivity index (χ4v) is 3.87. The SMILES string of the molecule is O=C(Nc1cccc(Cl)c1SC(F)F)C1CC(=O)N(Cc2ccccc2)C1. The van der Waals surface area contributed by atoms with Crippen LogP contribution in [0.25, 0.3) is 0 Å². The molecule has 27 heavy (non-hydrogen) atoms. The van der Waals surface area contributed by atoms with E-state index in [9.17, 15) is 18.4 Å². The molecular formula is C19H17ClF2N2O2S. The molecule has 1 N–H and O–H groups in total. The molecule has 0 bridgehead atoms. The first kappa shape index (κ1) is 19.6. The Morgan fingerprint density at radius 3 is 2.67 bits per heavy atom. The van der Waals surface area contributed by atoms with Crippen LogP contribution >= 0.6 is 23.4 Å². The van der Waals surface area contributed by atoms with Crippen molar-refractivity contribution in [3.63, 3.8) is 0 Å². The molecule has 142 valence electrons. The lowest BCUT2D eigenvalue weighted by Crippen LogP contribution is -2.28. The van der Waals surface area contributed by atoms with Crippen molar-refractivity contribution in [2.75, 3.05) is 11.9 Å². The summed E-state index contributed by atoms with van der Waals surface area (Å²) in [5, 5.41) is 2.79. The van der Waals surface area contributed by atoms with Crippen molar-refractivity contribution in [3.05, 3.63) is 59.1 Å². The number of nitrogens with one attached hydrogen (secondary N) is 1. The average molecular weight is 411 g/mol. The van der Waals surface area contributed by atoms with Gasteiger partial charge in [-0.05, 0) is 17.7 Å². The van der Waals surface area contributed by atoms with Crippen LogP contribution in [0.15, 0.2) is 53.4 Å². The molecule has 0 aliphatic carbocycles. The molecule has 1 saturated heterocycles. The molecule has 3 rings (SSSR count). The molecule has 4 nitrogen and oxygen atoms in total. The van der Waals surface area contributed by atoms with Crippen LogP contribution in [0, 0.1) is 5.92 Å². The van der Waals surface area contributed by atoms with Gasteiger partial charge in [0, 0.05) is 19.5 Å². The van der Waals surface area contributed by atoms with Gasteiger partial charge in [0.25, 0.3) is 5.76 Å². The second-order valence-electron chi connectivity index (χ2n) is 6.15. The zero-order valence-corrected chi connectivity index (χ0v) is 15.8. The van der Waals surface area contributed by atoms with Crippen molar-refractivity contribution >= 4 is 40.9 Å². The highest BCUT2D eigenvalue weighted by Gasteiger charge is 2.34. The second kappa shape index (κ2) is 8.71. The Kier molecular flexibility index (Phi) is 6.34. The lowest BCUT2D eigenvalue weighted by molar-refractivity contribution is -0.128. The van der Waals surface area contributed by atoms with E-state index in [1.807, 2.05) is 30.3 Å². The van der Waals surface area contributed by atoms with Crippen molar-refractivity contribution in [2.24, 2.45) is 5.92 Å². The summed E-state index contributed by atoms with van der Waals surface area (Å²) >= 11 is 6.27. The van der Waals surface area contributed by atoms with Gasteiger partial charge in [0.1, 0.15) is 0 Å². The summed E-state index contributed by atoms with van der Waals surface area (Å²) in [7, 11) is 0. The predicted molar refractivity (Wildman–Crippen MR) is 102 cm³/mol. The lowest BCUT2D eigenvalue weighted by Gasteiger charge is -2.17. The number of anilines is 1. The smallest absolute Gasteiger partial charge is 0.289 e. The number of nitrogens with zero attached hydrogens (tertiary/aromatic N) is 1. The van der Waals surface area contributed by atoms with Crippen molar-refractivity contribution in [1.29, 1.82) is 0 Å². The maximum atomic E-state index is 12.8. The molecule has 1 atom stereocenters. The Balaban J connectivity index is 1.67. The van der Waals surface area contributed by atoms with E-state index in [-0.39, 0.29) is 52.1 Å². The van der Waals surface area contributed by atoms with E-state index < -0.39 is 11.7 Å². The summed E-state index contributed by atoms with van der Waals surface area (Å²) in [6.45, 7) is 0.727. The summed E-state index contributed by atoms with van der Waals surface area (Å²) in [4.78, 5) is 26.6. The third kappa shape index (κ3) is 4.99. The average Bonchev–Trinajstić information content (AvgIpc) is 2.99. The molecule has 0 radical (unpaired) electrons. The molecule has 1 aliphatic rings. The standard InChI is InChI=1S/C19H17ClF2N2O2S/c20-14-7-4-8-15(17(14)27-19(21)22)23-18(26)13-9-16(25)24(11-13)10-12-5-2-1-3-6-12/h1-8,13,19H,9-11H2,(H,23,26). The van der Waals surface area contributed by atoms with Crippen LogP contribution in [0.1, 0.15) is 12.0 Å². The molecule has 1 unspecified atom stereocenters. The van der Waals surface area contributed by atoms with E-state index >= 15 is 0 Å². The first-order valence-electron chi connectivity index (χ1n) is 8.30. The van der Waals surface area contributed by atoms with Gasteiger partial charge in [-0.2, -0.15) is 8.78 Å². The first-order valence-corrected chi connectivity index (χ1v) is 9.55. The van der Waals surface area contributed by atoms with Gasteiger partial charge in [-0.1, -0.05) is 59.8 Å². The number of hydrogen-bond acceptors (Lipinski definition) is 3. The summed E-state index contributed by atoms with van der Waals surface area (Å²) < 4.78 is 25.5. The predicted octanol–water partition coefficient (Wildman–Crippen LogP) is 4.64. The summed E-state index contributed by atoms with van der Waals surface area (Å²) in [6.07, 6.45) is 0.0938. The Morgan fingerprint density at radius 2 is 1.96 bits per heavy atom. The zero-order valence-electron chi connectivity index (χ0n) is 14.2. The molecule has 0 spiro atoms. The number of benzene rings is 2. The summed E-state index contributed by atoms with van der Waals surface area (Å²) in [5.41, 5.74) is 1.21. The number of hydrogen-bond donors (Lipinski definition) is 1. The number of thioether (sulfide) groups is 1. The van der Waals surface area contributed by atoms with Gasteiger partial charge in [0.05, 0.1) is 21.5 Å². The minimum absolute atomic E-state index is 0.0938. The van der Waals surface area contributed by atoms with Crippen molar-refractivity contribution in [2.45, 2.75) is 23.6 Å². The highest BCUT2D eigenvalue weighted by atomic mass is 35.5. The monoisotopic (exact) mass is 410 g/mol. The molecule has 1 heterocycles. The highest BCUT2D eigenvalue weighted by molar-refractivity contribution is 7.99. The van der Waals surface area contributed by atoms with Crippen LogP contribution in [0.5, 0.6) is 0 Å². The molecule has 1 aliphatic heterocycles. The van der Waals surface area contributed by atoms with E-state index in [1.54, 1.807) is 11.0 Å². The van der Waals surface area contributed by atoms with Crippen LogP contribution < -0.4 is 5.32 Å². The van der Waals surface area contributed by atoms with Gasteiger partial charge in [0.2, 0.25) is 11.8 Å². The molecule has 2 aromatic carbocycles. The molecule has 2 amide bonds. The molecular weight excluding hydrogens is 394 g/mol. The maximum absolute atomic E-state index is 12.8. The van der Waals surface area contributed by atoms with Crippen molar-refractivity contribution < 1.29 is 18.4 Å². The highest BCUT2D eigenvalue weighted by Crippen LogP contribution is 2.38. The van der Waals surface area contributed by atoms with E-state index in [1.165, 1.54) is 12.1 Å². The van der Waals surface area contributed by atoms with Crippen LogP contribution in [-0.4, -0.2) is 29.0 Å². The van der Waals surface area contributed by atoms with Gasteiger partial charge < -0.3 is 10.2 Å². The number of rotatable bonds is 6. The largest absolute Gasteiger partial charge is 0.338 e. The second-order valence-corrected chi connectivity index (χ2v) is 7.55. The minimum atomic E-state index is -2.66. The molecule has 8 heteroatoms. The van der Waals surface area contributed by atoms with Gasteiger partial charge in [0.15, 0.2) is 0 Å². The number of halogens is 3. The number of alkyl halides is 2. The van der Waals surface area contributed by atoms with Crippen molar-refractivity contribution in [1.82, 2.24) is 4.90 Å². The van der Waals surface area contributed by atoms with E-state index in [4.69, 9.17) is 11.6 Å². The normalized spacial score (nSPS) is 16.8. The lowest BCUT2D eigenvalue weighted by atomic mass is 10.1. The van der Waals surface area contributed by atoms with Gasteiger partial charge >= 0.3 is 0 Å². The van der Waals surface area contributed by atoms with Crippen LogP contribution in [0.3, 0.4) is 0 Å². The van der Waals surface area contributed by atoms with Gasteiger partial charge in [-0.25, -0.2) is 0 Å². The quantitative estimate of drug-likeness (QED) is 0.706. The third-order valence-electron chi connectivity index (χ3n) is 4.23. The van der Waals surface area contributed by atoms with E-state index in [0.717, 1.165) is 5.56 Å². The molecule has 1 fully saturated rings. The number of carbonyl (C=O) groups excluding carboxylic acids is 2. The minimum Gasteiger partial charge on any atom is -0.338 e. The van der Waals surface area contributed by atoms with E-state index in [0.29, 0.717) is 6.54 Å². The summed E-state index contributed by atoms with van der Waals surface area (Å²) in [5.74, 6) is -3.68. The van der Waals surface area contributed by atoms with Crippen LogP contribution in [0.4, 0.5) is 14.5 Å². The van der Waals surface area contributed by atoms with Crippen LogP contribution in [0.2, 0.25) is 5.02 Å². The van der Waals surface area contributed by atoms with Gasteiger partial charge in [-0.15, -0.1) is 0 Å². The molecule has 0 aromatic heterocycles. The zero-order chi connectivity index (χ0) is 19.4. The Hall–Kier alpha value is -2.12. The number of likely N-dealkylation sites (tertiary alicyclic amines) is 1.